The molecule has 5 heteroatoms. The molecule has 2 N–H and O–H groups in total. The first kappa shape index (κ1) is 12.4. The van der Waals surface area contributed by atoms with Crippen molar-refractivity contribution in [2.45, 2.75) is 12.5 Å². The summed E-state index contributed by atoms with van der Waals surface area (Å²) in [5, 5.41) is 11.6. The smallest absolute Gasteiger partial charge is 0.327 e. The molecule has 1 aromatic rings. The van der Waals surface area contributed by atoms with Crippen molar-refractivity contribution in [2.24, 2.45) is 0 Å². The van der Waals surface area contributed by atoms with Crippen LogP contribution < -0.4 is 10.1 Å². The number of aliphatic carboxylic acids is 1. The van der Waals surface area contributed by atoms with Crippen molar-refractivity contribution in [3.05, 3.63) is 30.1 Å². The van der Waals surface area contributed by atoms with Gasteiger partial charge in [0.25, 0.3) is 0 Å². The number of nitrogens with one attached hydrogen (secondary N) is 1. The molecule has 1 atom stereocenters. The van der Waals surface area contributed by atoms with Crippen molar-refractivity contribution < 1.29 is 19.0 Å². The van der Waals surface area contributed by atoms with Gasteiger partial charge in [-0.05, 0) is 26.1 Å². The molecule has 88 valence electrons. The highest BCUT2D eigenvalue weighted by Crippen LogP contribution is 2.14. The summed E-state index contributed by atoms with van der Waals surface area (Å²) in [6, 6.07) is 5.57. The minimum absolute atomic E-state index is 0.0811. The maximum Gasteiger partial charge on any atom is 0.327 e. The van der Waals surface area contributed by atoms with Crippen molar-refractivity contribution in [3.8, 4) is 5.75 Å². The normalized spacial score (nSPS) is 14.2. The summed E-state index contributed by atoms with van der Waals surface area (Å²) in [5.41, 5.74) is -1.19. The van der Waals surface area contributed by atoms with Crippen LogP contribution in [0.2, 0.25) is 0 Å². The van der Waals surface area contributed by atoms with Crippen molar-refractivity contribution >= 4 is 5.97 Å². The second-order valence-corrected chi connectivity index (χ2v) is 3.63. The minimum Gasteiger partial charge on any atom is -0.491 e. The molecule has 4 nitrogen and oxygen atoms in total. The molecule has 16 heavy (non-hydrogen) atoms. The van der Waals surface area contributed by atoms with Gasteiger partial charge >= 0.3 is 5.97 Å². The van der Waals surface area contributed by atoms with Crippen LogP contribution in [0.4, 0.5) is 4.39 Å². The third kappa shape index (κ3) is 2.93. The van der Waals surface area contributed by atoms with Crippen molar-refractivity contribution in [1.29, 1.82) is 0 Å². The molecule has 0 saturated carbocycles. The average Bonchev–Trinajstić information content (AvgIpc) is 2.26. The molecular formula is C11H14FNO3. The Balaban J connectivity index is 2.66. The highest BCUT2D eigenvalue weighted by atomic mass is 19.1. The number of carboxylic acids is 1. The van der Waals surface area contributed by atoms with Gasteiger partial charge in [-0.15, -0.1) is 0 Å². The van der Waals surface area contributed by atoms with Crippen LogP contribution in [0.25, 0.3) is 0 Å². The van der Waals surface area contributed by atoms with E-state index < -0.39 is 17.3 Å². The summed E-state index contributed by atoms with van der Waals surface area (Å²) in [4.78, 5) is 10.9. The Morgan fingerprint density at radius 2 is 2.31 bits per heavy atom. The Bertz CT molecular complexity index is 383. The van der Waals surface area contributed by atoms with Crippen molar-refractivity contribution in [1.82, 2.24) is 5.32 Å². The molecule has 0 saturated heterocycles. The van der Waals surface area contributed by atoms with Gasteiger partial charge in [-0.2, -0.15) is 0 Å². The van der Waals surface area contributed by atoms with Gasteiger partial charge in [0, 0.05) is 6.07 Å². The van der Waals surface area contributed by atoms with Crippen LogP contribution in [0.3, 0.4) is 0 Å². The van der Waals surface area contributed by atoms with E-state index in [9.17, 15) is 9.18 Å². The summed E-state index contributed by atoms with van der Waals surface area (Å²) in [6.07, 6.45) is 0. The standard InChI is InChI=1S/C11H14FNO3/c1-11(13-2,10(14)15)7-16-9-5-3-4-8(12)6-9/h3-6,13H,7H2,1-2H3,(H,14,15). The van der Waals surface area contributed by atoms with Crippen LogP contribution in [-0.4, -0.2) is 30.3 Å². The van der Waals surface area contributed by atoms with E-state index in [1.54, 1.807) is 6.07 Å². The Morgan fingerprint density at radius 1 is 1.62 bits per heavy atom. The van der Waals surface area contributed by atoms with Crippen LogP contribution in [0.15, 0.2) is 24.3 Å². The lowest BCUT2D eigenvalue weighted by Crippen LogP contribution is -2.52. The number of benzene rings is 1. The Labute approximate surface area is 93.0 Å². The number of halogens is 1. The number of carboxylic acid groups (broad SMARTS) is 1. The van der Waals surface area contributed by atoms with Crippen molar-refractivity contribution in [3.63, 3.8) is 0 Å². The predicted molar refractivity (Wildman–Crippen MR) is 57.0 cm³/mol. The number of likely N-dealkylation sites (N-methyl/N-ethyl adjacent to an activating group) is 1. The number of hydrogen-bond donors (Lipinski definition) is 2. The molecule has 0 aliphatic rings. The Morgan fingerprint density at radius 3 is 2.81 bits per heavy atom. The second-order valence-electron chi connectivity index (χ2n) is 3.63. The van der Waals surface area contributed by atoms with E-state index in [0.717, 1.165) is 0 Å². The van der Waals surface area contributed by atoms with E-state index in [1.807, 2.05) is 0 Å². The van der Waals surface area contributed by atoms with Gasteiger partial charge in [0.05, 0.1) is 0 Å². The molecule has 0 aromatic heterocycles. The molecule has 0 bridgehead atoms. The third-order valence-corrected chi connectivity index (χ3v) is 2.35. The van der Waals surface area contributed by atoms with Crippen LogP contribution in [-0.2, 0) is 4.79 Å². The van der Waals surface area contributed by atoms with Crippen LogP contribution >= 0.6 is 0 Å². The lowest BCUT2D eigenvalue weighted by atomic mass is 10.1. The molecule has 0 amide bonds. The zero-order chi connectivity index (χ0) is 12.2. The van der Waals surface area contributed by atoms with Gasteiger partial charge in [0.2, 0.25) is 0 Å². The summed E-state index contributed by atoms with van der Waals surface area (Å²) in [5.74, 6) is -1.13. The largest absolute Gasteiger partial charge is 0.491 e. The molecule has 0 radical (unpaired) electrons. The molecule has 0 fully saturated rings. The van der Waals surface area contributed by atoms with Gasteiger partial charge < -0.3 is 15.2 Å². The fraction of sp³-hybridized carbons (Fsp3) is 0.364. The first-order valence-corrected chi connectivity index (χ1v) is 4.78. The van der Waals surface area contributed by atoms with E-state index in [1.165, 1.54) is 32.2 Å². The number of rotatable bonds is 5. The third-order valence-electron chi connectivity index (χ3n) is 2.35. The molecule has 1 unspecified atom stereocenters. The summed E-state index contributed by atoms with van der Waals surface area (Å²) in [7, 11) is 1.53. The fourth-order valence-corrected chi connectivity index (χ4v) is 1.03. The average molecular weight is 227 g/mol. The second kappa shape index (κ2) is 4.94. The number of carbonyl (C=O) groups is 1. The van der Waals surface area contributed by atoms with E-state index in [2.05, 4.69) is 5.32 Å². The van der Waals surface area contributed by atoms with Crippen LogP contribution in [0.5, 0.6) is 5.75 Å². The molecule has 0 heterocycles. The van der Waals surface area contributed by atoms with Gasteiger partial charge in [-0.25, -0.2) is 4.39 Å². The fourth-order valence-electron chi connectivity index (χ4n) is 1.03. The first-order chi connectivity index (χ1) is 7.48. The summed E-state index contributed by atoms with van der Waals surface area (Å²) in [6.45, 7) is 1.41. The van der Waals surface area contributed by atoms with Gasteiger partial charge in [-0.3, -0.25) is 4.79 Å². The van der Waals surface area contributed by atoms with Crippen LogP contribution in [0, 0.1) is 5.82 Å². The molecular weight excluding hydrogens is 213 g/mol. The number of ether oxygens (including phenoxy) is 1. The van der Waals surface area contributed by atoms with E-state index in [4.69, 9.17) is 9.84 Å². The van der Waals surface area contributed by atoms with E-state index in [-0.39, 0.29) is 6.61 Å². The lowest BCUT2D eigenvalue weighted by Gasteiger charge is -2.24. The molecule has 0 aliphatic carbocycles. The quantitative estimate of drug-likeness (QED) is 0.795. The highest BCUT2D eigenvalue weighted by molar-refractivity contribution is 5.78. The maximum atomic E-state index is 12.8. The van der Waals surface area contributed by atoms with Crippen LogP contribution in [0.1, 0.15) is 6.92 Å². The number of hydrogen-bond acceptors (Lipinski definition) is 3. The molecule has 0 spiro atoms. The lowest BCUT2D eigenvalue weighted by molar-refractivity contribution is -0.145. The van der Waals surface area contributed by atoms with Gasteiger partial charge in [0.15, 0.2) is 0 Å². The Hall–Kier alpha value is -1.62. The zero-order valence-electron chi connectivity index (χ0n) is 9.16. The van der Waals surface area contributed by atoms with Gasteiger partial charge in [0.1, 0.15) is 23.7 Å². The van der Waals surface area contributed by atoms with Gasteiger partial charge in [-0.1, -0.05) is 6.07 Å². The molecule has 1 rings (SSSR count). The SMILES string of the molecule is CNC(C)(COc1cccc(F)c1)C(=O)O. The molecule has 0 aliphatic heterocycles. The summed E-state index contributed by atoms with van der Waals surface area (Å²) >= 11 is 0. The minimum atomic E-state index is -1.19. The monoisotopic (exact) mass is 227 g/mol. The van der Waals surface area contributed by atoms with Crippen molar-refractivity contribution in [2.75, 3.05) is 13.7 Å². The summed E-state index contributed by atoms with van der Waals surface area (Å²) < 4.78 is 18.0. The molecule has 1 aromatic carbocycles. The topological polar surface area (TPSA) is 58.6 Å². The van der Waals surface area contributed by atoms with E-state index in [0.29, 0.717) is 5.75 Å². The Kier molecular flexibility index (Phi) is 3.84. The predicted octanol–water partition coefficient (Wildman–Crippen LogP) is 1.27. The van der Waals surface area contributed by atoms with E-state index >= 15 is 0 Å². The highest BCUT2D eigenvalue weighted by Gasteiger charge is 2.32. The maximum absolute atomic E-state index is 12.8. The zero-order valence-corrected chi connectivity index (χ0v) is 9.16. The first-order valence-electron chi connectivity index (χ1n) is 4.78.